The number of rotatable bonds is 11. The summed E-state index contributed by atoms with van der Waals surface area (Å²) in [4.78, 5) is 27.6. The molecule has 1 atom stereocenters. The lowest BCUT2D eigenvalue weighted by atomic mass is 10.0. The molecular formula is C27H28ClFN2O3. The Kier molecular flexibility index (Phi) is 9.47. The van der Waals surface area contributed by atoms with Crippen molar-refractivity contribution < 1.29 is 18.7 Å². The molecular weight excluding hydrogens is 455 g/mol. The van der Waals surface area contributed by atoms with E-state index in [0.717, 1.165) is 5.56 Å². The zero-order valence-corrected chi connectivity index (χ0v) is 19.8. The highest BCUT2D eigenvalue weighted by atomic mass is 35.5. The van der Waals surface area contributed by atoms with E-state index in [4.69, 9.17) is 16.3 Å². The minimum Gasteiger partial charge on any atom is -0.494 e. The topological polar surface area (TPSA) is 58.6 Å². The molecule has 0 aliphatic heterocycles. The molecule has 3 aromatic rings. The van der Waals surface area contributed by atoms with E-state index in [9.17, 15) is 14.0 Å². The number of ether oxygens (including phenoxy) is 1. The maximum Gasteiger partial charge on any atom is 0.242 e. The Labute approximate surface area is 204 Å². The van der Waals surface area contributed by atoms with Gasteiger partial charge >= 0.3 is 0 Å². The highest BCUT2D eigenvalue weighted by molar-refractivity contribution is 6.30. The van der Waals surface area contributed by atoms with E-state index in [-0.39, 0.29) is 24.8 Å². The van der Waals surface area contributed by atoms with Gasteiger partial charge in [0.15, 0.2) is 0 Å². The van der Waals surface area contributed by atoms with Gasteiger partial charge in [0.2, 0.25) is 11.8 Å². The number of carbonyl (C=O) groups excluding carboxylic acids is 2. The second kappa shape index (κ2) is 12.8. The molecule has 0 saturated carbocycles. The van der Waals surface area contributed by atoms with Gasteiger partial charge in [0.05, 0.1) is 6.61 Å². The number of likely N-dealkylation sites (N-methyl/N-ethyl adjacent to an activating group) is 1. The summed E-state index contributed by atoms with van der Waals surface area (Å²) in [6.45, 7) is 0.318. The van der Waals surface area contributed by atoms with Crippen LogP contribution in [0.25, 0.3) is 0 Å². The Hall–Kier alpha value is -3.38. The molecule has 0 aromatic heterocycles. The molecule has 0 spiro atoms. The predicted molar refractivity (Wildman–Crippen MR) is 131 cm³/mol. The van der Waals surface area contributed by atoms with E-state index in [1.54, 1.807) is 42.5 Å². The molecule has 0 saturated heterocycles. The normalized spacial score (nSPS) is 11.5. The molecule has 178 valence electrons. The number of nitrogens with zero attached hydrogens (tertiary/aromatic N) is 1. The summed E-state index contributed by atoms with van der Waals surface area (Å²) in [6.07, 6.45) is 0.924. The Morgan fingerprint density at radius 3 is 2.35 bits per heavy atom. The lowest BCUT2D eigenvalue weighted by Crippen LogP contribution is -2.49. The molecule has 3 rings (SSSR count). The average Bonchev–Trinajstić information content (AvgIpc) is 2.86. The quantitative estimate of drug-likeness (QED) is 0.390. The molecule has 0 radical (unpaired) electrons. The van der Waals surface area contributed by atoms with Crippen LogP contribution in [0.1, 0.15) is 24.0 Å². The Bertz CT molecular complexity index is 1080. The molecule has 0 fully saturated rings. The highest BCUT2D eigenvalue weighted by Gasteiger charge is 2.30. The first-order valence-corrected chi connectivity index (χ1v) is 11.5. The van der Waals surface area contributed by atoms with Gasteiger partial charge in [0, 0.05) is 37.0 Å². The Balaban J connectivity index is 1.75. The van der Waals surface area contributed by atoms with Crippen molar-refractivity contribution in [2.45, 2.75) is 31.8 Å². The van der Waals surface area contributed by atoms with Gasteiger partial charge in [-0.2, -0.15) is 0 Å². The van der Waals surface area contributed by atoms with Crippen LogP contribution in [0.4, 0.5) is 4.39 Å². The van der Waals surface area contributed by atoms with Gasteiger partial charge in [-0.1, -0.05) is 60.1 Å². The van der Waals surface area contributed by atoms with E-state index in [1.165, 1.54) is 18.0 Å². The van der Waals surface area contributed by atoms with Crippen molar-refractivity contribution in [2.75, 3.05) is 13.7 Å². The van der Waals surface area contributed by atoms with E-state index in [0.29, 0.717) is 35.8 Å². The standard InChI is InChI=1S/C27H28ClFN2O3/c1-30-27(33)25(18-20-8-3-2-4-9-20)31(19-21-10-5-6-11-24(21)29)26(32)12-7-17-34-23-15-13-22(28)14-16-23/h2-6,8-11,13-16,25H,7,12,17-19H2,1H3,(H,30,33). The number of benzene rings is 3. The van der Waals surface area contributed by atoms with Crippen LogP contribution in [0.5, 0.6) is 5.75 Å². The van der Waals surface area contributed by atoms with Crippen LogP contribution in [-0.4, -0.2) is 36.4 Å². The summed E-state index contributed by atoms with van der Waals surface area (Å²) in [5.74, 6) is -0.299. The summed E-state index contributed by atoms with van der Waals surface area (Å²) in [5.41, 5.74) is 1.27. The zero-order valence-electron chi connectivity index (χ0n) is 19.0. The number of carbonyl (C=O) groups is 2. The monoisotopic (exact) mass is 482 g/mol. The number of hydrogen-bond donors (Lipinski definition) is 1. The maximum absolute atomic E-state index is 14.4. The van der Waals surface area contributed by atoms with E-state index < -0.39 is 11.9 Å². The third-order valence-electron chi connectivity index (χ3n) is 5.43. The predicted octanol–water partition coefficient (Wildman–Crippen LogP) is 5.02. The minimum atomic E-state index is -0.781. The van der Waals surface area contributed by atoms with Gasteiger partial charge in [-0.25, -0.2) is 4.39 Å². The summed E-state index contributed by atoms with van der Waals surface area (Å²) >= 11 is 5.89. The van der Waals surface area contributed by atoms with Crippen molar-refractivity contribution in [3.63, 3.8) is 0 Å². The molecule has 7 heteroatoms. The van der Waals surface area contributed by atoms with Gasteiger partial charge in [-0.05, 0) is 42.3 Å². The van der Waals surface area contributed by atoms with Crippen molar-refractivity contribution in [2.24, 2.45) is 0 Å². The Morgan fingerprint density at radius 1 is 1.00 bits per heavy atom. The van der Waals surface area contributed by atoms with Crippen LogP contribution in [0, 0.1) is 5.82 Å². The largest absolute Gasteiger partial charge is 0.494 e. The fourth-order valence-electron chi connectivity index (χ4n) is 3.62. The number of hydrogen-bond acceptors (Lipinski definition) is 3. The lowest BCUT2D eigenvalue weighted by molar-refractivity contribution is -0.141. The van der Waals surface area contributed by atoms with Crippen molar-refractivity contribution in [1.29, 1.82) is 0 Å². The van der Waals surface area contributed by atoms with Crippen molar-refractivity contribution in [3.8, 4) is 5.75 Å². The minimum absolute atomic E-state index is 0.00549. The molecule has 1 N–H and O–H groups in total. The van der Waals surface area contributed by atoms with Crippen LogP contribution < -0.4 is 10.1 Å². The van der Waals surface area contributed by atoms with Crippen LogP contribution in [0.15, 0.2) is 78.9 Å². The zero-order chi connectivity index (χ0) is 24.3. The average molecular weight is 483 g/mol. The number of amides is 2. The third kappa shape index (κ3) is 7.32. The van der Waals surface area contributed by atoms with E-state index in [1.807, 2.05) is 30.3 Å². The first kappa shape index (κ1) is 25.2. The molecule has 0 bridgehead atoms. The van der Waals surface area contributed by atoms with Crippen LogP contribution in [0.3, 0.4) is 0 Å². The summed E-state index contributed by atoms with van der Waals surface area (Å²) in [6, 6.07) is 22.0. The summed E-state index contributed by atoms with van der Waals surface area (Å²) in [5, 5.41) is 3.27. The van der Waals surface area contributed by atoms with Gasteiger partial charge in [0.25, 0.3) is 0 Å². The van der Waals surface area contributed by atoms with Crippen LogP contribution in [-0.2, 0) is 22.6 Å². The van der Waals surface area contributed by atoms with Gasteiger partial charge < -0.3 is 15.0 Å². The van der Waals surface area contributed by atoms with E-state index in [2.05, 4.69) is 5.32 Å². The Morgan fingerprint density at radius 2 is 1.68 bits per heavy atom. The van der Waals surface area contributed by atoms with Crippen molar-refractivity contribution >= 4 is 23.4 Å². The molecule has 1 unspecified atom stereocenters. The number of halogens is 2. The smallest absolute Gasteiger partial charge is 0.242 e. The molecule has 0 aliphatic carbocycles. The second-order valence-electron chi connectivity index (χ2n) is 7.84. The highest BCUT2D eigenvalue weighted by Crippen LogP contribution is 2.19. The fourth-order valence-corrected chi connectivity index (χ4v) is 3.74. The van der Waals surface area contributed by atoms with E-state index >= 15 is 0 Å². The van der Waals surface area contributed by atoms with Crippen molar-refractivity contribution in [3.05, 3.63) is 101 Å². The third-order valence-corrected chi connectivity index (χ3v) is 5.69. The van der Waals surface area contributed by atoms with Crippen molar-refractivity contribution in [1.82, 2.24) is 10.2 Å². The fraction of sp³-hybridized carbons (Fsp3) is 0.259. The first-order valence-electron chi connectivity index (χ1n) is 11.1. The molecule has 0 heterocycles. The molecule has 3 aromatic carbocycles. The maximum atomic E-state index is 14.4. The summed E-state index contributed by atoms with van der Waals surface area (Å²) < 4.78 is 20.1. The molecule has 5 nitrogen and oxygen atoms in total. The van der Waals surface area contributed by atoms with Gasteiger partial charge in [-0.3, -0.25) is 9.59 Å². The molecule has 2 amide bonds. The number of nitrogens with one attached hydrogen (secondary N) is 1. The molecule has 0 aliphatic rings. The summed E-state index contributed by atoms with van der Waals surface area (Å²) in [7, 11) is 1.53. The first-order chi connectivity index (χ1) is 16.5. The van der Waals surface area contributed by atoms with Gasteiger partial charge in [-0.15, -0.1) is 0 Å². The van der Waals surface area contributed by atoms with Crippen LogP contribution >= 0.6 is 11.6 Å². The molecule has 34 heavy (non-hydrogen) atoms. The SMILES string of the molecule is CNC(=O)C(Cc1ccccc1)N(Cc1ccccc1F)C(=O)CCCOc1ccc(Cl)cc1. The van der Waals surface area contributed by atoms with Gasteiger partial charge in [0.1, 0.15) is 17.6 Å². The lowest BCUT2D eigenvalue weighted by Gasteiger charge is -2.31. The second-order valence-corrected chi connectivity index (χ2v) is 8.28. The van der Waals surface area contributed by atoms with Crippen LogP contribution in [0.2, 0.25) is 5.02 Å².